The van der Waals surface area contributed by atoms with Crippen LogP contribution in [0.15, 0.2) is 36.5 Å². The van der Waals surface area contributed by atoms with Gasteiger partial charge < -0.3 is 27.9 Å². The van der Waals surface area contributed by atoms with Crippen LogP contribution >= 0.6 is 7.82 Å². The number of likely N-dealkylation sites (N-methyl/N-ethyl adjacent to an activating group) is 1. The maximum atomic E-state index is 12.6. The zero-order valence-corrected chi connectivity index (χ0v) is 34.0. The van der Waals surface area contributed by atoms with Crippen LogP contribution in [-0.4, -0.2) is 70.7 Å². The number of allylic oxidation sites excluding steroid dienone is 6. The summed E-state index contributed by atoms with van der Waals surface area (Å²) in [5.41, 5.74) is 0. The molecular weight excluding hydrogens is 649 g/mol. The molecule has 0 radical (unpaired) electrons. The standard InChI is InChI=1S/C41H78NO7P/c1-6-8-10-12-14-16-18-19-20-21-22-23-24-25-27-29-31-33-36-46-38-40(39-48-50(44,45)47-37-35-42(3,4)5)49-41(43)34-32-30-28-26-17-15-13-11-9-7-2/h11,13-14,16,19-20,40H,6-10,12,15,17-18,21-39H2,1-5H3/b13-11-,16-14-,20-19-. The highest BCUT2D eigenvalue weighted by Gasteiger charge is 2.20. The maximum absolute atomic E-state index is 12.6. The molecule has 0 aromatic rings. The van der Waals surface area contributed by atoms with E-state index in [1.54, 1.807) is 0 Å². The van der Waals surface area contributed by atoms with E-state index in [9.17, 15) is 14.3 Å². The highest BCUT2D eigenvalue weighted by atomic mass is 31.2. The summed E-state index contributed by atoms with van der Waals surface area (Å²) in [6.45, 7) is 5.29. The number of esters is 1. The van der Waals surface area contributed by atoms with E-state index in [-0.39, 0.29) is 25.8 Å². The number of ether oxygens (including phenoxy) is 2. The first kappa shape index (κ1) is 48.7. The molecule has 0 aliphatic rings. The van der Waals surface area contributed by atoms with Crippen LogP contribution in [0.5, 0.6) is 0 Å². The summed E-state index contributed by atoms with van der Waals surface area (Å²) in [5.74, 6) is -0.349. The van der Waals surface area contributed by atoms with Crippen LogP contribution in [0.2, 0.25) is 0 Å². The fourth-order valence-corrected chi connectivity index (χ4v) is 5.95. The van der Waals surface area contributed by atoms with E-state index in [0.717, 1.165) is 57.8 Å². The molecular formula is C41H78NO7P. The summed E-state index contributed by atoms with van der Waals surface area (Å²) in [6.07, 6.45) is 38.7. The van der Waals surface area contributed by atoms with Crippen molar-refractivity contribution >= 4 is 13.8 Å². The second kappa shape index (κ2) is 34.8. The van der Waals surface area contributed by atoms with Crippen molar-refractivity contribution in [3.05, 3.63) is 36.5 Å². The van der Waals surface area contributed by atoms with Crippen LogP contribution in [0.1, 0.15) is 162 Å². The molecule has 0 N–H and O–H groups in total. The quantitative estimate of drug-likeness (QED) is 0.0207. The van der Waals surface area contributed by atoms with Crippen molar-refractivity contribution < 1.29 is 37.3 Å². The van der Waals surface area contributed by atoms with Gasteiger partial charge >= 0.3 is 5.97 Å². The molecule has 0 saturated carbocycles. The van der Waals surface area contributed by atoms with Crippen LogP contribution in [0, 0.1) is 0 Å². The molecule has 2 unspecified atom stereocenters. The van der Waals surface area contributed by atoms with E-state index < -0.39 is 13.9 Å². The Kier molecular flexibility index (Phi) is 33.9. The summed E-state index contributed by atoms with van der Waals surface area (Å²) in [4.78, 5) is 24.9. The molecule has 0 heterocycles. The Morgan fingerprint density at radius 2 is 1.14 bits per heavy atom. The van der Waals surface area contributed by atoms with Crippen molar-refractivity contribution in [3.8, 4) is 0 Å². The second-order valence-corrected chi connectivity index (χ2v) is 16.0. The van der Waals surface area contributed by atoms with Gasteiger partial charge in [-0.3, -0.25) is 9.36 Å². The fourth-order valence-electron chi connectivity index (χ4n) is 5.22. The van der Waals surface area contributed by atoms with Crippen molar-refractivity contribution in [1.82, 2.24) is 0 Å². The van der Waals surface area contributed by atoms with Crippen molar-refractivity contribution in [2.45, 2.75) is 168 Å². The summed E-state index contributed by atoms with van der Waals surface area (Å²) in [7, 11) is 1.34. The molecule has 50 heavy (non-hydrogen) atoms. The number of rotatable bonds is 37. The molecule has 0 saturated heterocycles. The molecule has 0 rings (SSSR count). The largest absolute Gasteiger partial charge is 0.756 e. The van der Waals surface area contributed by atoms with E-state index >= 15 is 0 Å². The number of phosphoric ester groups is 1. The zero-order chi connectivity index (χ0) is 37.0. The molecule has 0 aliphatic heterocycles. The third-order valence-electron chi connectivity index (χ3n) is 8.39. The van der Waals surface area contributed by atoms with Gasteiger partial charge in [0, 0.05) is 13.0 Å². The average Bonchev–Trinajstić information content (AvgIpc) is 3.06. The molecule has 0 amide bonds. The molecule has 9 heteroatoms. The lowest BCUT2D eigenvalue weighted by Crippen LogP contribution is -2.37. The van der Waals surface area contributed by atoms with Gasteiger partial charge in [-0.15, -0.1) is 0 Å². The minimum atomic E-state index is -4.52. The fraction of sp³-hybridized carbons (Fsp3) is 0.829. The molecule has 0 fully saturated rings. The van der Waals surface area contributed by atoms with Gasteiger partial charge in [0.2, 0.25) is 0 Å². The molecule has 2 atom stereocenters. The van der Waals surface area contributed by atoms with Crippen LogP contribution < -0.4 is 4.89 Å². The number of hydrogen-bond acceptors (Lipinski definition) is 7. The number of unbranched alkanes of at least 4 members (excludes halogenated alkanes) is 17. The van der Waals surface area contributed by atoms with Gasteiger partial charge in [0.15, 0.2) is 0 Å². The third-order valence-corrected chi connectivity index (χ3v) is 9.36. The predicted octanol–water partition coefficient (Wildman–Crippen LogP) is 10.8. The molecule has 0 aliphatic carbocycles. The molecule has 0 bridgehead atoms. The van der Waals surface area contributed by atoms with Gasteiger partial charge in [-0.25, -0.2) is 0 Å². The van der Waals surface area contributed by atoms with Gasteiger partial charge in [0.05, 0.1) is 34.4 Å². The Balaban J connectivity index is 4.23. The van der Waals surface area contributed by atoms with Crippen LogP contribution in [0.3, 0.4) is 0 Å². The van der Waals surface area contributed by atoms with E-state index in [1.165, 1.54) is 83.5 Å². The summed E-state index contributed by atoms with van der Waals surface area (Å²) >= 11 is 0. The topological polar surface area (TPSA) is 94.1 Å². The minimum Gasteiger partial charge on any atom is -0.756 e. The average molecular weight is 728 g/mol. The number of nitrogens with zero attached hydrogens (tertiary/aromatic N) is 1. The maximum Gasteiger partial charge on any atom is 0.306 e. The SMILES string of the molecule is CCC/C=C\CCCCCCCC(=O)OC(COCCCCCCCCCC/C=C\C/C=C\CCCCC)COP(=O)([O-])OCC[N+](C)(C)C. The van der Waals surface area contributed by atoms with E-state index in [2.05, 4.69) is 50.3 Å². The predicted molar refractivity (Wildman–Crippen MR) is 208 cm³/mol. The summed E-state index contributed by atoms with van der Waals surface area (Å²) in [5, 5.41) is 0. The van der Waals surface area contributed by atoms with Crippen molar-refractivity contribution in [2.75, 3.05) is 54.1 Å². The Bertz CT molecular complexity index is 900. The van der Waals surface area contributed by atoms with Crippen molar-refractivity contribution in [2.24, 2.45) is 0 Å². The van der Waals surface area contributed by atoms with Crippen molar-refractivity contribution in [3.63, 3.8) is 0 Å². The Hall–Kier alpha value is -1.28. The first-order chi connectivity index (χ1) is 24.1. The van der Waals surface area contributed by atoms with Crippen LogP contribution in [0.25, 0.3) is 0 Å². The monoisotopic (exact) mass is 728 g/mol. The molecule has 294 valence electrons. The van der Waals surface area contributed by atoms with E-state index in [0.29, 0.717) is 24.1 Å². The van der Waals surface area contributed by atoms with E-state index in [1.807, 2.05) is 21.1 Å². The number of hydrogen-bond donors (Lipinski definition) is 0. The Morgan fingerprint density at radius 1 is 0.620 bits per heavy atom. The number of phosphoric acid groups is 1. The van der Waals surface area contributed by atoms with Gasteiger partial charge in [-0.1, -0.05) is 127 Å². The highest BCUT2D eigenvalue weighted by Crippen LogP contribution is 2.38. The molecule has 8 nitrogen and oxygen atoms in total. The number of carbonyl (C=O) groups is 1. The normalized spacial score (nSPS) is 14.3. The third kappa shape index (κ3) is 38.0. The Morgan fingerprint density at radius 3 is 1.72 bits per heavy atom. The highest BCUT2D eigenvalue weighted by molar-refractivity contribution is 7.45. The van der Waals surface area contributed by atoms with Gasteiger partial charge in [-0.2, -0.15) is 0 Å². The lowest BCUT2D eigenvalue weighted by molar-refractivity contribution is -0.870. The minimum absolute atomic E-state index is 0.0228. The first-order valence-electron chi connectivity index (χ1n) is 20.2. The van der Waals surface area contributed by atoms with Gasteiger partial charge in [-0.05, 0) is 64.2 Å². The molecule has 0 aromatic carbocycles. The second-order valence-electron chi connectivity index (χ2n) is 14.6. The molecule has 0 spiro atoms. The lowest BCUT2D eigenvalue weighted by Gasteiger charge is -2.28. The van der Waals surface area contributed by atoms with Crippen LogP contribution in [0.4, 0.5) is 0 Å². The van der Waals surface area contributed by atoms with Gasteiger partial charge in [0.1, 0.15) is 19.3 Å². The molecule has 0 aromatic heterocycles. The zero-order valence-electron chi connectivity index (χ0n) is 33.1. The smallest absolute Gasteiger partial charge is 0.306 e. The lowest BCUT2D eigenvalue weighted by atomic mass is 10.1. The first-order valence-corrected chi connectivity index (χ1v) is 21.7. The van der Waals surface area contributed by atoms with Crippen molar-refractivity contribution in [1.29, 1.82) is 0 Å². The van der Waals surface area contributed by atoms with E-state index in [4.69, 9.17) is 18.5 Å². The summed E-state index contributed by atoms with van der Waals surface area (Å²) < 4.78 is 34.4. The van der Waals surface area contributed by atoms with Crippen LogP contribution in [-0.2, 0) is 27.9 Å². The Labute approximate surface area is 308 Å². The summed E-state index contributed by atoms with van der Waals surface area (Å²) in [6, 6.07) is 0. The number of carbonyl (C=O) groups excluding carboxylic acids is 1. The van der Waals surface area contributed by atoms with Gasteiger partial charge in [0.25, 0.3) is 7.82 Å². The number of quaternary nitrogens is 1.